The van der Waals surface area contributed by atoms with Crippen LogP contribution in [0.5, 0.6) is 0 Å². The Kier molecular flexibility index (Phi) is 7.03. The molecule has 3 aromatic rings. The molecule has 9 heteroatoms. The second-order valence-corrected chi connectivity index (χ2v) is 6.96. The molecule has 25 heavy (non-hydrogen) atoms. The summed E-state index contributed by atoms with van der Waals surface area (Å²) in [6.45, 7) is 3.31. The number of pyridine rings is 1. The quantitative estimate of drug-likeness (QED) is 0.345. The van der Waals surface area contributed by atoms with Crippen LogP contribution in [0.3, 0.4) is 0 Å². The van der Waals surface area contributed by atoms with E-state index in [9.17, 15) is 0 Å². The van der Waals surface area contributed by atoms with Gasteiger partial charge in [0.05, 0.1) is 34.5 Å². The van der Waals surface area contributed by atoms with E-state index in [0.29, 0.717) is 18.1 Å². The Morgan fingerprint density at radius 3 is 2.80 bits per heavy atom. The zero-order chi connectivity index (χ0) is 17.1. The molecular formula is C16H20ClIN6S. The number of thiazole rings is 1. The van der Waals surface area contributed by atoms with Gasteiger partial charge < -0.3 is 14.6 Å². The van der Waals surface area contributed by atoms with Gasteiger partial charge in [-0.2, -0.15) is 0 Å². The standard InChI is InChI=1S/C16H19ClN6S.HI/c1-11-20-14(10-24-11)8-22(3)16(18-2)19-6-13-9-23-7-12(17)4-5-15(23)21-13;/h4-5,7,9-10H,6,8H2,1-3H3,(H,18,19);1H. The predicted octanol–water partition coefficient (Wildman–Crippen LogP) is 3.58. The first kappa shape index (κ1) is 19.9. The SMILES string of the molecule is CN=C(NCc1cn2cc(Cl)ccc2n1)N(C)Cc1csc(C)n1.I. The summed E-state index contributed by atoms with van der Waals surface area (Å²) in [5.41, 5.74) is 2.85. The Labute approximate surface area is 173 Å². The molecule has 3 rings (SSSR count). The molecule has 0 unspecified atom stereocenters. The summed E-state index contributed by atoms with van der Waals surface area (Å²) in [7, 11) is 3.77. The number of aliphatic imine (C=N–C) groups is 1. The number of halogens is 2. The van der Waals surface area contributed by atoms with Crippen molar-refractivity contribution in [3.05, 3.63) is 51.3 Å². The minimum absolute atomic E-state index is 0. The van der Waals surface area contributed by atoms with Gasteiger partial charge in [-0.3, -0.25) is 4.99 Å². The summed E-state index contributed by atoms with van der Waals surface area (Å²) < 4.78 is 1.92. The van der Waals surface area contributed by atoms with Crippen molar-refractivity contribution in [1.82, 2.24) is 24.6 Å². The highest BCUT2D eigenvalue weighted by atomic mass is 127. The maximum Gasteiger partial charge on any atom is 0.194 e. The number of fused-ring (bicyclic) bond motifs is 1. The fourth-order valence-electron chi connectivity index (χ4n) is 2.46. The lowest BCUT2D eigenvalue weighted by Crippen LogP contribution is -2.38. The van der Waals surface area contributed by atoms with Gasteiger partial charge in [-0.1, -0.05) is 11.6 Å². The molecule has 0 saturated heterocycles. The van der Waals surface area contributed by atoms with Gasteiger partial charge in [0.15, 0.2) is 5.96 Å². The van der Waals surface area contributed by atoms with E-state index >= 15 is 0 Å². The van der Waals surface area contributed by atoms with Crippen molar-refractivity contribution in [3.8, 4) is 0 Å². The first-order valence-corrected chi connectivity index (χ1v) is 8.77. The number of aromatic nitrogens is 3. The zero-order valence-corrected chi connectivity index (χ0v) is 18.1. The number of nitrogens with zero attached hydrogens (tertiary/aromatic N) is 5. The van der Waals surface area contributed by atoms with Crippen LogP contribution in [0.15, 0.2) is 34.9 Å². The summed E-state index contributed by atoms with van der Waals surface area (Å²) in [4.78, 5) is 15.4. The summed E-state index contributed by atoms with van der Waals surface area (Å²) in [5, 5.41) is 7.17. The van der Waals surface area contributed by atoms with Crippen LogP contribution in [-0.2, 0) is 13.1 Å². The molecule has 0 bridgehead atoms. The van der Waals surface area contributed by atoms with Crippen molar-refractivity contribution in [1.29, 1.82) is 0 Å². The highest BCUT2D eigenvalue weighted by molar-refractivity contribution is 14.0. The van der Waals surface area contributed by atoms with Crippen LogP contribution in [0.2, 0.25) is 5.02 Å². The molecule has 0 amide bonds. The molecular weight excluding hydrogens is 471 g/mol. The third-order valence-electron chi connectivity index (χ3n) is 3.53. The molecule has 0 aliphatic rings. The van der Waals surface area contributed by atoms with Gasteiger partial charge in [-0.25, -0.2) is 9.97 Å². The molecule has 0 aromatic carbocycles. The fraction of sp³-hybridized carbons (Fsp3) is 0.312. The number of hydrogen-bond donors (Lipinski definition) is 1. The lowest BCUT2D eigenvalue weighted by molar-refractivity contribution is 0.470. The summed E-state index contributed by atoms with van der Waals surface area (Å²) in [6, 6.07) is 3.74. The monoisotopic (exact) mass is 490 g/mol. The molecule has 134 valence electrons. The van der Waals surface area contributed by atoms with E-state index in [1.54, 1.807) is 18.4 Å². The van der Waals surface area contributed by atoms with Crippen molar-refractivity contribution in [3.63, 3.8) is 0 Å². The zero-order valence-electron chi connectivity index (χ0n) is 14.2. The van der Waals surface area contributed by atoms with Gasteiger partial charge in [-0.05, 0) is 19.1 Å². The van der Waals surface area contributed by atoms with Crippen molar-refractivity contribution < 1.29 is 0 Å². The Bertz CT molecular complexity index is 875. The number of guanidine groups is 1. The molecule has 3 aromatic heterocycles. The molecule has 0 aliphatic carbocycles. The van der Waals surface area contributed by atoms with Gasteiger partial charge in [0.1, 0.15) is 5.65 Å². The van der Waals surface area contributed by atoms with Crippen molar-refractivity contribution in [2.45, 2.75) is 20.0 Å². The van der Waals surface area contributed by atoms with E-state index < -0.39 is 0 Å². The lowest BCUT2D eigenvalue weighted by Gasteiger charge is -2.20. The molecule has 0 atom stereocenters. The average molecular weight is 491 g/mol. The number of nitrogens with one attached hydrogen (secondary N) is 1. The molecule has 6 nitrogen and oxygen atoms in total. The third-order valence-corrected chi connectivity index (χ3v) is 4.58. The highest BCUT2D eigenvalue weighted by Crippen LogP contribution is 2.12. The average Bonchev–Trinajstić information content (AvgIpc) is 3.13. The molecule has 3 heterocycles. The first-order valence-electron chi connectivity index (χ1n) is 7.51. The van der Waals surface area contributed by atoms with E-state index in [4.69, 9.17) is 11.6 Å². The minimum atomic E-state index is 0. The normalized spacial score (nSPS) is 11.4. The van der Waals surface area contributed by atoms with E-state index in [1.165, 1.54) is 0 Å². The van der Waals surface area contributed by atoms with Crippen molar-refractivity contribution in [2.24, 2.45) is 4.99 Å². The van der Waals surface area contributed by atoms with Crippen LogP contribution in [0.25, 0.3) is 5.65 Å². The van der Waals surface area contributed by atoms with Crippen LogP contribution in [-0.4, -0.2) is 39.3 Å². The minimum Gasteiger partial charge on any atom is -0.351 e. The van der Waals surface area contributed by atoms with Crippen LogP contribution in [0.1, 0.15) is 16.4 Å². The number of aryl methyl sites for hydroxylation is 1. The maximum atomic E-state index is 6.00. The Hall–Kier alpha value is -1.39. The molecule has 0 aliphatic heterocycles. The molecule has 0 radical (unpaired) electrons. The van der Waals surface area contributed by atoms with Crippen LogP contribution >= 0.6 is 46.9 Å². The number of imidazole rings is 1. The third kappa shape index (κ3) is 5.05. The number of rotatable bonds is 4. The van der Waals surface area contributed by atoms with Crippen molar-refractivity contribution >= 4 is 58.5 Å². The summed E-state index contributed by atoms with van der Waals surface area (Å²) in [5.74, 6) is 0.802. The second-order valence-electron chi connectivity index (χ2n) is 5.46. The van der Waals surface area contributed by atoms with E-state index in [2.05, 4.69) is 25.7 Å². The molecule has 0 spiro atoms. The molecule has 1 N–H and O–H groups in total. The highest BCUT2D eigenvalue weighted by Gasteiger charge is 2.10. The van der Waals surface area contributed by atoms with E-state index in [-0.39, 0.29) is 24.0 Å². The molecule has 0 saturated carbocycles. The Morgan fingerprint density at radius 1 is 1.32 bits per heavy atom. The smallest absolute Gasteiger partial charge is 0.194 e. The van der Waals surface area contributed by atoms with Gasteiger partial charge >= 0.3 is 0 Å². The van der Waals surface area contributed by atoms with Gasteiger partial charge in [-0.15, -0.1) is 35.3 Å². The van der Waals surface area contributed by atoms with E-state index in [1.807, 2.05) is 47.8 Å². The number of hydrogen-bond acceptors (Lipinski definition) is 4. The largest absolute Gasteiger partial charge is 0.351 e. The first-order chi connectivity index (χ1) is 11.5. The maximum absolute atomic E-state index is 6.00. The van der Waals surface area contributed by atoms with Crippen LogP contribution < -0.4 is 5.32 Å². The Balaban J connectivity index is 0.00000225. The molecule has 0 fully saturated rings. The second kappa shape index (κ2) is 8.81. The van der Waals surface area contributed by atoms with Gasteiger partial charge in [0.2, 0.25) is 0 Å². The van der Waals surface area contributed by atoms with Crippen molar-refractivity contribution in [2.75, 3.05) is 14.1 Å². The van der Waals surface area contributed by atoms with Gasteiger partial charge in [0, 0.05) is 31.9 Å². The Morgan fingerprint density at radius 2 is 2.12 bits per heavy atom. The fourth-order valence-corrected chi connectivity index (χ4v) is 3.23. The lowest BCUT2D eigenvalue weighted by atomic mass is 10.4. The van der Waals surface area contributed by atoms with Gasteiger partial charge in [0.25, 0.3) is 0 Å². The van der Waals surface area contributed by atoms with E-state index in [0.717, 1.165) is 28.0 Å². The summed E-state index contributed by atoms with van der Waals surface area (Å²) in [6.07, 6.45) is 3.81. The summed E-state index contributed by atoms with van der Waals surface area (Å²) >= 11 is 7.66. The van der Waals surface area contributed by atoms with Crippen LogP contribution in [0, 0.1) is 6.92 Å². The predicted molar refractivity (Wildman–Crippen MR) is 114 cm³/mol. The topological polar surface area (TPSA) is 57.8 Å². The van der Waals surface area contributed by atoms with Crippen LogP contribution in [0.4, 0.5) is 0 Å².